The van der Waals surface area contributed by atoms with Gasteiger partial charge in [-0.2, -0.15) is 0 Å². The van der Waals surface area contributed by atoms with E-state index in [2.05, 4.69) is 12.2 Å². The lowest BCUT2D eigenvalue weighted by Gasteiger charge is -2.38. The van der Waals surface area contributed by atoms with Crippen LogP contribution >= 0.6 is 0 Å². The van der Waals surface area contributed by atoms with E-state index in [-0.39, 0.29) is 35.5 Å². The minimum atomic E-state index is -0.195. The SMILES string of the molecule is COc1ccc(N2C(=O)[C@@H]3[C@@H](C2=O)[C@H]2C=C[C@@H]3CC2)cc1OC. The summed E-state index contributed by atoms with van der Waals surface area (Å²) < 4.78 is 10.5. The number of carbonyl (C=O) groups excluding carboxylic acids is 2. The second-order valence-electron chi connectivity index (χ2n) is 6.39. The zero-order valence-electron chi connectivity index (χ0n) is 13.2. The molecule has 0 spiro atoms. The highest BCUT2D eigenvalue weighted by molar-refractivity contribution is 6.22. The van der Waals surface area contributed by atoms with Crippen LogP contribution in [0.5, 0.6) is 11.5 Å². The molecule has 1 aromatic rings. The highest BCUT2D eigenvalue weighted by Gasteiger charge is 2.56. The van der Waals surface area contributed by atoms with Crippen molar-refractivity contribution in [2.24, 2.45) is 23.7 Å². The molecule has 1 aliphatic heterocycles. The summed E-state index contributed by atoms with van der Waals surface area (Å²) in [5, 5.41) is 0. The number of rotatable bonds is 3. The van der Waals surface area contributed by atoms with E-state index in [1.165, 1.54) is 4.90 Å². The molecular weight excluding hydrogens is 294 g/mol. The van der Waals surface area contributed by atoms with Gasteiger partial charge in [-0.3, -0.25) is 9.59 Å². The predicted molar refractivity (Wildman–Crippen MR) is 84.4 cm³/mol. The van der Waals surface area contributed by atoms with E-state index < -0.39 is 0 Å². The molecule has 5 rings (SSSR count). The van der Waals surface area contributed by atoms with Gasteiger partial charge >= 0.3 is 0 Å². The molecule has 5 heteroatoms. The monoisotopic (exact) mass is 313 g/mol. The van der Waals surface area contributed by atoms with Crippen LogP contribution in [0.1, 0.15) is 12.8 Å². The number of allylic oxidation sites excluding steroid dienone is 2. The Morgan fingerprint density at radius 2 is 1.48 bits per heavy atom. The molecule has 0 unspecified atom stereocenters. The maximum absolute atomic E-state index is 12.9. The number of methoxy groups -OCH3 is 2. The van der Waals surface area contributed by atoms with Gasteiger partial charge in [0.25, 0.3) is 0 Å². The Morgan fingerprint density at radius 3 is 1.96 bits per heavy atom. The van der Waals surface area contributed by atoms with Gasteiger partial charge < -0.3 is 9.47 Å². The van der Waals surface area contributed by atoms with Gasteiger partial charge in [0.05, 0.1) is 31.7 Å². The van der Waals surface area contributed by atoms with Crippen molar-refractivity contribution in [1.82, 2.24) is 0 Å². The van der Waals surface area contributed by atoms with Gasteiger partial charge in [-0.1, -0.05) is 12.2 Å². The fraction of sp³-hybridized carbons (Fsp3) is 0.444. The average Bonchev–Trinajstić information content (AvgIpc) is 2.88. The Hall–Kier alpha value is -2.30. The van der Waals surface area contributed by atoms with Crippen molar-refractivity contribution in [2.45, 2.75) is 12.8 Å². The number of hydrogen-bond acceptors (Lipinski definition) is 4. The van der Waals surface area contributed by atoms with Crippen molar-refractivity contribution >= 4 is 17.5 Å². The Kier molecular flexibility index (Phi) is 3.18. The first-order valence-corrected chi connectivity index (χ1v) is 7.94. The van der Waals surface area contributed by atoms with Gasteiger partial charge in [-0.05, 0) is 36.8 Å². The molecule has 5 nitrogen and oxygen atoms in total. The van der Waals surface area contributed by atoms with Gasteiger partial charge in [-0.15, -0.1) is 0 Å². The fourth-order valence-electron chi connectivity index (χ4n) is 4.29. The average molecular weight is 313 g/mol. The first-order chi connectivity index (χ1) is 11.2. The van der Waals surface area contributed by atoms with Gasteiger partial charge in [0.2, 0.25) is 11.8 Å². The molecule has 1 saturated heterocycles. The molecule has 2 fully saturated rings. The summed E-state index contributed by atoms with van der Waals surface area (Å²) in [6, 6.07) is 5.16. The summed E-state index contributed by atoms with van der Waals surface area (Å²) in [7, 11) is 3.10. The number of hydrogen-bond donors (Lipinski definition) is 0. The second kappa shape index (κ2) is 5.11. The summed E-state index contributed by atoms with van der Waals surface area (Å²) in [6.45, 7) is 0. The third kappa shape index (κ3) is 1.92. The number of anilines is 1. The lowest BCUT2D eigenvalue weighted by atomic mass is 9.63. The van der Waals surface area contributed by atoms with E-state index in [4.69, 9.17) is 9.47 Å². The van der Waals surface area contributed by atoms with Crippen molar-refractivity contribution in [1.29, 1.82) is 0 Å². The van der Waals surface area contributed by atoms with Gasteiger partial charge in [0.1, 0.15) is 0 Å². The van der Waals surface area contributed by atoms with Gasteiger partial charge in [0.15, 0.2) is 11.5 Å². The molecule has 23 heavy (non-hydrogen) atoms. The summed E-state index contributed by atoms with van der Waals surface area (Å²) in [4.78, 5) is 27.1. The highest BCUT2D eigenvalue weighted by atomic mass is 16.5. The summed E-state index contributed by atoms with van der Waals surface area (Å²) >= 11 is 0. The summed E-state index contributed by atoms with van der Waals surface area (Å²) in [6.07, 6.45) is 6.25. The van der Waals surface area contributed by atoms with Crippen LogP contribution < -0.4 is 14.4 Å². The molecule has 1 saturated carbocycles. The zero-order chi connectivity index (χ0) is 16.1. The lowest BCUT2D eigenvalue weighted by molar-refractivity contribution is -0.124. The molecule has 0 aromatic heterocycles. The van der Waals surface area contributed by atoms with E-state index in [0.29, 0.717) is 17.2 Å². The maximum Gasteiger partial charge on any atom is 0.238 e. The third-order valence-corrected chi connectivity index (χ3v) is 5.38. The van der Waals surface area contributed by atoms with E-state index >= 15 is 0 Å². The van der Waals surface area contributed by atoms with Crippen LogP contribution in [0.4, 0.5) is 5.69 Å². The first-order valence-electron chi connectivity index (χ1n) is 7.94. The Labute approximate surface area is 134 Å². The molecule has 4 atom stereocenters. The van der Waals surface area contributed by atoms with Crippen LogP contribution in [0, 0.1) is 23.7 Å². The van der Waals surface area contributed by atoms with E-state index in [1.807, 2.05) is 0 Å². The molecule has 1 aromatic carbocycles. The van der Waals surface area contributed by atoms with E-state index in [0.717, 1.165) is 12.8 Å². The number of amides is 2. The molecule has 4 aliphatic rings. The van der Waals surface area contributed by atoms with Crippen molar-refractivity contribution < 1.29 is 19.1 Å². The molecule has 0 N–H and O–H groups in total. The highest BCUT2D eigenvalue weighted by Crippen LogP contribution is 2.50. The number of ether oxygens (including phenoxy) is 2. The second-order valence-corrected chi connectivity index (χ2v) is 6.39. The third-order valence-electron chi connectivity index (χ3n) is 5.38. The van der Waals surface area contributed by atoms with E-state index in [9.17, 15) is 9.59 Å². The van der Waals surface area contributed by atoms with Crippen LogP contribution in [0.15, 0.2) is 30.4 Å². The standard InChI is InChI=1S/C18H19NO4/c1-22-13-8-7-12(9-14(13)23-2)19-17(20)15-10-3-4-11(6-5-10)16(15)18(19)21/h3-4,7-11,15-16H,5-6H2,1-2H3/t10-,11+,15-,16-/m0/s1. The predicted octanol–water partition coefficient (Wildman–Crippen LogP) is 2.41. The molecular formula is C18H19NO4. The van der Waals surface area contributed by atoms with Crippen molar-refractivity contribution in [2.75, 3.05) is 19.1 Å². The number of imide groups is 1. The topological polar surface area (TPSA) is 55.8 Å². The van der Waals surface area contributed by atoms with Crippen molar-refractivity contribution in [3.05, 3.63) is 30.4 Å². The zero-order valence-corrected chi connectivity index (χ0v) is 13.2. The molecule has 2 bridgehead atoms. The lowest BCUT2D eigenvalue weighted by Crippen LogP contribution is -2.38. The maximum atomic E-state index is 12.9. The van der Waals surface area contributed by atoms with Crippen LogP contribution in [-0.4, -0.2) is 26.0 Å². The summed E-state index contributed by atoms with van der Waals surface area (Å²) in [5.74, 6) is 0.950. The molecule has 1 heterocycles. The van der Waals surface area contributed by atoms with Crippen LogP contribution in [0.2, 0.25) is 0 Å². The molecule has 3 aliphatic carbocycles. The smallest absolute Gasteiger partial charge is 0.238 e. The number of carbonyl (C=O) groups is 2. The Bertz CT molecular complexity index is 679. The minimum Gasteiger partial charge on any atom is -0.493 e. The van der Waals surface area contributed by atoms with Gasteiger partial charge in [0, 0.05) is 6.07 Å². The van der Waals surface area contributed by atoms with Crippen molar-refractivity contribution in [3.63, 3.8) is 0 Å². The summed E-state index contributed by atoms with van der Waals surface area (Å²) in [5.41, 5.74) is 0.562. The van der Waals surface area contributed by atoms with Crippen LogP contribution in [-0.2, 0) is 9.59 Å². The van der Waals surface area contributed by atoms with Gasteiger partial charge in [-0.25, -0.2) is 4.90 Å². The molecule has 2 amide bonds. The Morgan fingerprint density at radius 1 is 0.913 bits per heavy atom. The number of fused-ring (bicyclic) bond motifs is 1. The number of benzene rings is 1. The van der Waals surface area contributed by atoms with Crippen LogP contribution in [0.3, 0.4) is 0 Å². The quantitative estimate of drug-likeness (QED) is 0.635. The minimum absolute atomic E-state index is 0.0775. The molecule has 120 valence electrons. The largest absolute Gasteiger partial charge is 0.493 e. The first kappa shape index (κ1) is 14.3. The normalized spacial score (nSPS) is 31.5. The Balaban J connectivity index is 1.73. The molecule has 0 radical (unpaired) electrons. The van der Waals surface area contributed by atoms with Crippen LogP contribution in [0.25, 0.3) is 0 Å². The van der Waals surface area contributed by atoms with E-state index in [1.54, 1.807) is 32.4 Å². The van der Waals surface area contributed by atoms with Crippen molar-refractivity contribution in [3.8, 4) is 11.5 Å². The number of nitrogens with zero attached hydrogens (tertiary/aromatic N) is 1. The fourth-order valence-corrected chi connectivity index (χ4v) is 4.29.